The van der Waals surface area contributed by atoms with E-state index in [1.165, 1.54) is 6.42 Å². The predicted octanol–water partition coefficient (Wildman–Crippen LogP) is 1.79. The molecular formula is C11H14N2O. The van der Waals surface area contributed by atoms with Gasteiger partial charge in [-0.3, -0.25) is 0 Å². The van der Waals surface area contributed by atoms with Gasteiger partial charge in [0.1, 0.15) is 5.69 Å². The van der Waals surface area contributed by atoms with E-state index in [0.29, 0.717) is 12.1 Å². The minimum absolute atomic E-state index is 0.0746. The van der Waals surface area contributed by atoms with Crippen LogP contribution < -0.4 is 0 Å². The number of allylic oxidation sites excluding steroid dienone is 1. The van der Waals surface area contributed by atoms with Gasteiger partial charge in [0.25, 0.3) is 0 Å². The first kappa shape index (κ1) is 9.19. The third-order valence-corrected chi connectivity index (χ3v) is 2.52. The average molecular weight is 190 g/mol. The lowest BCUT2D eigenvalue weighted by Gasteiger charge is -2.14. The van der Waals surface area contributed by atoms with Crippen LogP contribution in [0.1, 0.15) is 29.9 Å². The first-order valence-corrected chi connectivity index (χ1v) is 5.00. The predicted molar refractivity (Wildman–Crippen MR) is 54.2 cm³/mol. The topological polar surface area (TPSA) is 46.0 Å². The van der Waals surface area contributed by atoms with Gasteiger partial charge in [0.2, 0.25) is 5.88 Å². The van der Waals surface area contributed by atoms with Crippen LogP contribution in [0.25, 0.3) is 0 Å². The van der Waals surface area contributed by atoms with E-state index in [-0.39, 0.29) is 5.88 Å². The molecule has 0 saturated heterocycles. The molecule has 0 aromatic carbocycles. The molecule has 3 heteroatoms. The molecule has 0 spiro atoms. The van der Waals surface area contributed by atoms with Crippen LogP contribution in [0, 0.1) is 0 Å². The van der Waals surface area contributed by atoms with E-state index in [9.17, 15) is 5.11 Å². The second-order valence-corrected chi connectivity index (χ2v) is 3.59. The Morgan fingerprint density at radius 1 is 1.21 bits per heavy atom. The van der Waals surface area contributed by atoms with Gasteiger partial charge in [-0.15, -0.1) is 6.58 Å². The molecule has 1 aliphatic carbocycles. The minimum atomic E-state index is 0.0746. The zero-order valence-corrected chi connectivity index (χ0v) is 8.16. The highest BCUT2D eigenvalue weighted by Crippen LogP contribution is 2.22. The van der Waals surface area contributed by atoms with Crippen LogP contribution in [-0.2, 0) is 19.3 Å². The van der Waals surface area contributed by atoms with Crippen LogP contribution in [0.2, 0.25) is 0 Å². The Labute approximate surface area is 83.5 Å². The lowest BCUT2D eigenvalue weighted by Crippen LogP contribution is -2.09. The largest absolute Gasteiger partial charge is 0.492 e. The molecule has 1 heterocycles. The molecule has 0 saturated carbocycles. The Balaban J connectivity index is 2.40. The second-order valence-electron chi connectivity index (χ2n) is 3.59. The summed E-state index contributed by atoms with van der Waals surface area (Å²) in [6.07, 6.45) is 6.60. The van der Waals surface area contributed by atoms with Gasteiger partial charge in [0, 0.05) is 6.42 Å². The Morgan fingerprint density at radius 2 is 1.86 bits per heavy atom. The summed E-state index contributed by atoms with van der Waals surface area (Å²) in [4.78, 5) is 8.60. The van der Waals surface area contributed by atoms with E-state index in [4.69, 9.17) is 0 Å². The Hall–Kier alpha value is -1.38. The Kier molecular flexibility index (Phi) is 2.48. The van der Waals surface area contributed by atoms with Crippen molar-refractivity contribution in [2.75, 3.05) is 0 Å². The maximum atomic E-state index is 9.58. The molecule has 14 heavy (non-hydrogen) atoms. The summed E-state index contributed by atoms with van der Waals surface area (Å²) in [6.45, 7) is 3.63. The fourth-order valence-electron chi connectivity index (χ4n) is 1.79. The highest BCUT2D eigenvalue weighted by atomic mass is 16.3. The van der Waals surface area contributed by atoms with Gasteiger partial charge in [-0.2, -0.15) is 0 Å². The van der Waals surface area contributed by atoms with Crippen LogP contribution in [0.15, 0.2) is 12.7 Å². The number of aromatic hydroxyl groups is 1. The Bertz CT molecular complexity index is 361. The van der Waals surface area contributed by atoms with Crippen LogP contribution in [-0.4, -0.2) is 15.1 Å². The molecule has 0 aliphatic heterocycles. The average Bonchev–Trinajstić information content (AvgIpc) is 2.19. The number of rotatable bonds is 2. The number of hydrogen-bond donors (Lipinski definition) is 1. The van der Waals surface area contributed by atoms with Crippen LogP contribution >= 0.6 is 0 Å². The number of hydrogen-bond acceptors (Lipinski definition) is 3. The maximum absolute atomic E-state index is 9.58. The highest BCUT2D eigenvalue weighted by Gasteiger charge is 2.15. The molecule has 0 amide bonds. The van der Waals surface area contributed by atoms with Gasteiger partial charge in [0.15, 0.2) is 0 Å². The molecule has 0 bridgehead atoms. The summed E-state index contributed by atoms with van der Waals surface area (Å²) in [6, 6.07) is 0. The molecule has 0 atom stereocenters. The van der Waals surface area contributed by atoms with Gasteiger partial charge in [-0.05, 0) is 25.7 Å². The van der Waals surface area contributed by atoms with Crippen LogP contribution in [0.5, 0.6) is 5.88 Å². The van der Waals surface area contributed by atoms with E-state index in [0.717, 1.165) is 30.7 Å². The smallest absolute Gasteiger partial charge is 0.233 e. The SMILES string of the molecule is C=CCc1nc2c(nc1O)CCCC2. The molecule has 0 fully saturated rings. The summed E-state index contributed by atoms with van der Waals surface area (Å²) >= 11 is 0. The van der Waals surface area contributed by atoms with Crippen molar-refractivity contribution in [2.45, 2.75) is 32.1 Å². The van der Waals surface area contributed by atoms with Crippen molar-refractivity contribution in [2.24, 2.45) is 0 Å². The van der Waals surface area contributed by atoms with Crippen molar-refractivity contribution in [3.63, 3.8) is 0 Å². The molecule has 0 unspecified atom stereocenters. The van der Waals surface area contributed by atoms with Crippen molar-refractivity contribution in [3.05, 3.63) is 29.7 Å². The molecule has 1 N–H and O–H groups in total. The maximum Gasteiger partial charge on any atom is 0.233 e. The van der Waals surface area contributed by atoms with Crippen molar-refractivity contribution in [1.29, 1.82) is 0 Å². The van der Waals surface area contributed by atoms with E-state index < -0.39 is 0 Å². The summed E-state index contributed by atoms with van der Waals surface area (Å²) in [5.74, 6) is 0.0746. The lowest BCUT2D eigenvalue weighted by atomic mass is 10.0. The highest BCUT2D eigenvalue weighted by molar-refractivity contribution is 5.26. The lowest BCUT2D eigenvalue weighted by molar-refractivity contribution is 0.436. The molecule has 0 radical (unpaired) electrons. The number of aryl methyl sites for hydroxylation is 2. The van der Waals surface area contributed by atoms with Crippen molar-refractivity contribution >= 4 is 0 Å². The summed E-state index contributed by atoms with van der Waals surface area (Å²) in [5, 5.41) is 9.58. The minimum Gasteiger partial charge on any atom is -0.492 e. The molecular weight excluding hydrogens is 176 g/mol. The molecule has 3 nitrogen and oxygen atoms in total. The molecule has 1 aromatic rings. The standard InChI is InChI=1S/C11H14N2O/c1-2-5-10-11(14)13-9-7-4-3-6-8(9)12-10/h2H,1,3-7H2,(H,13,14). The van der Waals surface area contributed by atoms with Crippen molar-refractivity contribution in [1.82, 2.24) is 9.97 Å². The van der Waals surface area contributed by atoms with Gasteiger partial charge < -0.3 is 5.11 Å². The summed E-state index contributed by atoms with van der Waals surface area (Å²) < 4.78 is 0. The first-order chi connectivity index (χ1) is 6.81. The zero-order valence-electron chi connectivity index (χ0n) is 8.16. The van der Waals surface area contributed by atoms with E-state index in [2.05, 4.69) is 16.5 Å². The normalized spacial score (nSPS) is 14.9. The van der Waals surface area contributed by atoms with E-state index in [1.54, 1.807) is 6.08 Å². The quantitative estimate of drug-likeness (QED) is 0.723. The number of nitrogens with zero attached hydrogens (tertiary/aromatic N) is 2. The van der Waals surface area contributed by atoms with E-state index in [1.807, 2.05) is 0 Å². The third-order valence-electron chi connectivity index (χ3n) is 2.52. The Morgan fingerprint density at radius 3 is 2.50 bits per heavy atom. The molecule has 74 valence electrons. The van der Waals surface area contributed by atoms with Crippen LogP contribution in [0.4, 0.5) is 0 Å². The fraction of sp³-hybridized carbons (Fsp3) is 0.455. The third kappa shape index (κ3) is 1.62. The molecule has 1 aromatic heterocycles. The number of aromatic nitrogens is 2. The zero-order chi connectivity index (χ0) is 9.97. The molecule has 2 rings (SSSR count). The first-order valence-electron chi connectivity index (χ1n) is 5.00. The van der Waals surface area contributed by atoms with E-state index >= 15 is 0 Å². The second kappa shape index (κ2) is 3.78. The molecule has 1 aliphatic rings. The fourth-order valence-corrected chi connectivity index (χ4v) is 1.79. The summed E-state index contributed by atoms with van der Waals surface area (Å²) in [5.41, 5.74) is 2.69. The monoisotopic (exact) mass is 190 g/mol. The van der Waals surface area contributed by atoms with Gasteiger partial charge in [-0.25, -0.2) is 9.97 Å². The van der Waals surface area contributed by atoms with Gasteiger partial charge >= 0.3 is 0 Å². The van der Waals surface area contributed by atoms with Gasteiger partial charge in [-0.1, -0.05) is 6.08 Å². The van der Waals surface area contributed by atoms with Crippen molar-refractivity contribution in [3.8, 4) is 5.88 Å². The van der Waals surface area contributed by atoms with Crippen LogP contribution in [0.3, 0.4) is 0 Å². The number of fused-ring (bicyclic) bond motifs is 1. The van der Waals surface area contributed by atoms with Crippen molar-refractivity contribution < 1.29 is 5.11 Å². The van der Waals surface area contributed by atoms with Gasteiger partial charge in [0.05, 0.1) is 11.4 Å². The summed E-state index contributed by atoms with van der Waals surface area (Å²) in [7, 11) is 0.